The molecule has 0 unspecified atom stereocenters. The van der Waals surface area contributed by atoms with Gasteiger partial charge in [0, 0.05) is 24.3 Å². The number of aryl methyl sites for hydroxylation is 2. The predicted octanol–water partition coefficient (Wildman–Crippen LogP) is 11.3. The standard InChI is InChI=1S/C48H42N2O2S2/c1-51-43-21-19-39-31-35(13-17-41(39)33-43)11-15-37-23-25-49(47-9-5-3-7-45(37)47)27-29-53-54-30-28-50-26-24-38(46-8-4-6-10-48(46)50)16-12-36-14-18-42-34-44(52-2)22-20-40(42)32-36/h3-26,31-34H,27-30H2,1-2H3/q+2. The highest BCUT2D eigenvalue weighted by atomic mass is 33.1. The van der Waals surface area contributed by atoms with E-state index in [1.165, 1.54) is 65.6 Å². The van der Waals surface area contributed by atoms with Crippen LogP contribution in [0.15, 0.2) is 146 Å². The van der Waals surface area contributed by atoms with Gasteiger partial charge in [0.25, 0.3) is 0 Å². The molecule has 8 aromatic rings. The third-order valence-electron chi connectivity index (χ3n) is 9.89. The number of pyridine rings is 2. The van der Waals surface area contributed by atoms with E-state index in [1.807, 2.05) is 33.7 Å². The summed E-state index contributed by atoms with van der Waals surface area (Å²) in [6.07, 6.45) is 13.3. The van der Waals surface area contributed by atoms with Gasteiger partial charge in [0.1, 0.15) is 11.5 Å². The summed E-state index contributed by atoms with van der Waals surface area (Å²) in [5.41, 5.74) is 7.32. The number of benzene rings is 6. The van der Waals surface area contributed by atoms with Gasteiger partial charge in [0.2, 0.25) is 11.0 Å². The van der Waals surface area contributed by atoms with E-state index in [1.54, 1.807) is 14.2 Å². The van der Waals surface area contributed by atoms with Crippen LogP contribution in [0.2, 0.25) is 0 Å². The largest absolute Gasteiger partial charge is 0.497 e. The minimum absolute atomic E-state index is 0.880. The summed E-state index contributed by atoms with van der Waals surface area (Å²) in [7, 11) is 7.31. The van der Waals surface area contributed by atoms with Crippen LogP contribution >= 0.6 is 21.6 Å². The van der Waals surface area contributed by atoms with Gasteiger partial charge in [0.05, 0.1) is 36.5 Å². The summed E-state index contributed by atoms with van der Waals surface area (Å²) >= 11 is 0. The van der Waals surface area contributed by atoms with Gasteiger partial charge in [-0.3, -0.25) is 0 Å². The fraction of sp³-hybridized carbons (Fsp3) is 0.125. The molecule has 6 heteroatoms. The van der Waals surface area contributed by atoms with Gasteiger partial charge < -0.3 is 9.47 Å². The first kappa shape index (κ1) is 35.5. The average Bonchev–Trinajstić information content (AvgIpc) is 3.23. The van der Waals surface area contributed by atoms with Crippen molar-refractivity contribution in [2.75, 3.05) is 25.7 Å². The van der Waals surface area contributed by atoms with E-state index >= 15 is 0 Å². The first-order chi connectivity index (χ1) is 26.6. The molecule has 2 aromatic heterocycles. The first-order valence-electron chi connectivity index (χ1n) is 18.2. The lowest BCUT2D eigenvalue weighted by atomic mass is 10.0. The number of aromatic nitrogens is 2. The summed E-state index contributed by atoms with van der Waals surface area (Å²) in [4.78, 5) is 0. The molecule has 0 aliphatic heterocycles. The first-order valence-corrected chi connectivity index (χ1v) is 20.7. The van der Waals surface area contributed by atoms with Crippen molar-refractivity contribution < 1.29 is 18.6 Å². The van der Waals surface area contributed by atoms with Gasteiger partial charge in [-0.1, -0.05) is 107 Å². The molecule has 2 heterocycles. The topological polar surface area (TPSA) is 26.2 Å². The number of nitrogens with zero attached hydrogens (tertiary/aromatic N) is 2. The lowest BCUT2D eigenvalue weighted by molar-refractivity contribution is -0.666. The van der Waals surface area contributed by atoms with Crippen LogP contribution in [-0.4, -0.2) is 25.7 Å². The predicted molar refractivity (Wildman–Crippen MR) is 232 cm³/mol. The monoisotopic (exact) mass is 742 g/mol. The van der Waals surface area contributed by atoms with Crippen LogP contribution in [0.1, 0.15) is 22.3 Å². The SMILES string of the molecule is COc1ccc2cc(C=Cc3cc[n+](CCSSCC[n+]4ccc(C=Cc5ccc6cc(OC)ccc6c5)c5ccccc54)c4ccccc34)ccc2c1. The maximum absolute atomic E-state index is 5.39. The Morgan fingerprint density at radius 3 is 1.35 bits per heavy atom. The molecule has 266 valence electrons. The summed E-state index contributed by atoms with van der Waals surface area (Å²) in [6, 6.07) is 47.4. The second-order valence-corrected chi connectivity index (χ2v) is 15.9. The Morgan fingerprint density at radius 1 is 0.463 bits per heavy atom. The van der Waals surface area contributed by atoms with Gasteiger partial charge >= 0.3 is 0 Å². The molecule has 0 saturated carbocycles. The van der Waals surface area contributed by atoms with E-state index in [9.17, 15) is 0 Å². The highest BCUT2D eigenvalue weighted by molar-refractivity contribution is 8.76. The molecule has 0 aliphatic carbocycles. The number of para-hydroxylation sites is 2. The third kappa shape index (κ3) is 8.01. The van der Waals surface area contributed by atoms with Crippen LogP contribution in [0.25, 0.3) is 67.7 Å². The van der Waals surface area contributed by atoms with Gasteiger partial charge in [-0.2, -0.15) is 9.13 Å². The van der Waals surface area contributed by atoms with Gasteiger partial charge in [-0.15, -0.1) is 0 Å². The van der Waals surface area contributed by atoms with Crippen molar-refractivity contribution in [3.05, 3.63) is 168 Å². The van der Waals surface area contributed by atoms with E-state index in [0.717, 1.165) is 36.1 Å². The molecule has 0 fully saturated rings. The van der Waals surface area contributed by atoms with Crippen LogP contribution in [0.3, 0.4) is 0 Å². The van der Waals surface area contributed by atoms with E-state index in [2.05, 4.69) is 167 Å². The maximum Gasteiger partial charge on any atom is 0.213 e. The van der Waals surface area contributed by atoms with Crippen LogP contribution in [0, 0.1) is 0 Å². The normalized spacial score (nSPS) is 11.8. The number of rotatable bonds is 13. The van der Waals surface area contributed by atoms with Crippen molar-refractivity contribution in [3.8, 4) is 11.5 Å². The molecule has 4 nitrogen and oxygen atoms in total. The zero-order valence-electron chi connectivity index (χ0n) is 30.5. The zero-order valence-corrected chi connectivity index (χ0v) is 32.2. The molecule has 0 aliphatic rings. The molecule has 6 aromatic carbocycles. The molecule has 0 amide bonds. The summed E-state index contributed by atoms with van der Waals surface area (Å²) in [6.45, 7) is 1.91. The molecule has 0 bridgehead atoms. The molecular weight excluding hydrogens is 701 g/mol. The van der Waals surface area contributed by atoms with Gasteiger partial charge in [0.15, 0.2) is 25.5 Å². The van der Waals surface area contributed by atoms with Crippen molar-refractivity contribution in [1.82, 2.24) is 0 Å². The fourth-order valence-electron chi connectivity index (χ4n) is 7.00. The van der Waals surface area contributed by atoms with E-state index in [4.69, 9.17) is 9.47 Å². The Bertz CT molecular complexity index is 2480. The van der Waals surface area contributed by atoms with Gasteiger partial charge in [-0.05, 0) is 92.3 Å². The minimum Gasteiger partial charge on any atom is -0.497 e. The Hall–Kier alpha value is -5.56. The van der Waals surface area contributed by atoms with Crippen molar-refractivity contribution in [2.24, 2.45) is 0 Å². The molecule has 54 heavy (non-hydrogen) atoms. The van der Waals surface area contributed by atoms with E-state index in [0.29, 0.717) is 0 Å². The van der Waals surface area contributed by atoms with Gasteiger partial charge in [-0.25, -0.2) is 0 Å². The Morgan fingerprint density at radius 2 is 0.889 bits per heavy atom. The number of hydrogen-bond acceptors (Lipinski definition) is 4. The summed E-state index contributed by atoms with van der Waals surface area (Å²) in [5, 5.41) is 7.30. The molecule has 0 N–H and O–H groups in total. The summed E-state index contributed by atoms with van der Waals surface area (Å²) in [5.74, 6) is 3.83. The smallest absolute Gasteiger partial charge is 0.213 e. The van der Waals surface area contributed by atoms with Crippen LogP contribution < -0.4 is 18.6 Å². The van der Waals surface area contributed by atoms with Crippen molar-refractivity contribution in [3.63, 3.8) is 0 Å². The zero-order chi connectivity index (χ0) is 36.7. The fourth-order valence-corrected chi connectivity index (χ4v) is 8.94. The highest BCUT2D eigenvalue weighted by Crippen LogP contribution is 2.26. The molecule has 0 radical (unpaired) electrons. The lowest BCUT2D eigenvalue weighted by Gasteiger charge is -2.06. The second kappa shape index (κ2) is 16.6. The van der Waals surface area contributed by atoms with Crippen molar-refractivity contribution >= 4 is 89.2 Å². The third-order valence-corrected chi connectivity index (χ3v) is 12.3. The van der Waals surface area contributed by atoms with E-state index in [-0.39, 0.29) is 0 Å². The summed E-state index contributed by atoms with van der Waals surface area (Å²) < 4.78 is 15.5. The molecule has 0 saturated heterocycles. The Kier molecular flexibility index (Phi) is 10.9. The lowest BCUT2D eigenvalue weighted by Crippen LogP contribution is -2.36. The number of fused-ring (bicyclic) bond motifs is 4. The quantitative estimate of drug-likeness (QED) is 0.0667. The highest BCUT2D eigenvalue weighted by Gasteiger charge is 2.13. The Balaban J connectivity index is 0.876. The Labute approximate surface area is 324 Å². The molecule has 8 rings (SSSR count). The second-order valence-electron chi connectivity index (χ2n) is 13.2. The number of ether oxygens (including phenoxy) is 2. The van der Waals surface area contributed by atoms with E-state index < -0.39 is 0 Å². The number of hydrogen-bond donors (Lipinski definition) is 0. The molecule has 0 atom stereocenters. The minimum atomic E-state index is 0.880. The van der Waals surface area contributed by atoms with Crippen LogP contribution in [0.5, 0.6) is 11.5 Å². The maximum atomic E-state index is 5.39. The van der Waals surface area contributed by atoms with Crippen molar-refractivity contribution in [1.29, 1.82) is 0 Å². The average molecular weight is 743 g/mol. The van der Waals surface area contributed by atoms with Crippen molar-refractivity contribution in [2.45, 2.75) is 13.1 Å². The molecule has 0 spiro atoms. The van der Waals surface area contributed by atoms with Crippen LogP contribution in [0.4, 0.5) is 0 Å². The molecular formula is C48H42N2O2S2+2. The van der Waals surface area contributed by atoms with Crippen LogP contribution in [-0.2, 0) is 13.1 Å². The number of methoxy groups -OCH3 is 2.